The van der Waals surface area contributed by atoms with E-state index < -0.39 is 12.1 Å². The third-order valence-corrected chi connectivity index (χ3v) is 2.70. The molecule has 0 amide bonds. The van der Waals surface area contributed by atoms with Crippen LogP contribution in [0.3, 0.4) is 0 Å². The molecule has 2 atom stereocenters. The molecule has 1 saturated heterocycles. The Morgan fingerprint density at radius 2 is 2.14 bits per heavy atom. The Morgan fingerprint density at radius 1 is 1.36 bits per heavy atom. The summed E-state index contributed by atoms with van der Waals surface area (Å²) in [5.74, 6) is -0.434. The van der Waals surface area contributed by atoms with Gasteiger partial charge in [-0.2, -0.15) is 0 Å². The number of rotatable bonds is 5. The highest BCUT2D eigenvalue weighted by Gasteiger charge is 2.27. The van der Waals surface area contributed by atoms with E-state index in [0.29, 0.717) is 6.42 Å². The molecule has 0 bridgehead atoms. The summed E-state index contributed by atoms with van der Waals surface area (Å²) in [6.45, 7) is 2.18. The van der Waals surface area contributed by atoms with E-state index in [1.165, 1.54) is 19.3 Å². The van der Waals surface area contributed by atoms with Crippen LogP contribution in [0.1, 0.15) is 51.9 Å². The molecule has 3 nitrogen and oxygen atoms in total. The molecule has 0 radical (unpaired) electrons. The zero-order valence-corrected chi connectivity index (χ0v) is 8.87. The zero-order chi connectivity index (χ0) is 10.4. The van der Waals surface area contributed by atoms with Gasteiger partial charge in [-0.1, -0.05) is 26.2 Å². The number of aliphatic hydroxyl groups excluding tert-OH is 1. The van der Waals surface area contributed by atoms with E-state index in [1.54, 1.807) is 0 Å². The molecule has 0 saturated carbocycles. The molecule has 1 aliphatic heterocycles. The zero-order valence-electron chi connectivity index (χ0n) is 8.87. The fourth-order valence-electron chi connectivity index (χ4n) is 1.77. The molecule has 14 heavy (non-hydrogen) atoms. The number of esters is 1. The Bertz CT molecular complexity index is 179. The van der Waals surface area contributed by atoms with Crippen molar-refractivity contribution in [1.82, 2.24) is 0 Å². The molecule has 0 aromatic carbocycles. The minimum atomic E-state index is -0.873. The summed E-state index contributed by atoms with van der Waals surface area (Å²) in [6, 6.07) is 0. The lowest BCUT2D eigenvalue weighted by molar-refractivity contribution is -0.167. The van der Waals surface area contributed by atoms with Crippen LogP contribution in [0.2, 0.25) is 0 Å². The van der Waals surface area contributed by atoms with Crippen LogP contribution in [0.5, 0.6) is 0 Å². The second-order valence-electron chi connectivity index (χ2n) is 4.00. The number of ether oxygens (including phenoxy) is 1. The molecule has 0 aromatic heterocycles. The lowest BCUT2D eigenvalue weighted by atomic mass is 10.0. The third-order valence-electron chi connectivity index (χ3n) is 2.70. The molecule has 1 unspecified atom stereocenters. The van der Waals surface area contributed by atoms with Gasteiger partial charge in [0, 0.05) is 0 Å². The van der Waals surface area contributed by atoms with E-state index >= 15 is 0 Å². The van der Waals surface area contributed by atoms with Gasteiger partial charge in [-0.25, -0.2) is 4.79 Å². The molecule has 1 heterocycles. The van der Waals surface area contributed by atoms with Gasteiger partial charge in [-0.3, -0.25) is 0 Å². The van der Waals surface area contributed by atoms with Crippen molar-refractivity contribution in [2.24, 2.45) is 0 Å². The molecule has 1 fully saturated rings. The van der Waals surface area contributed by atoms with Crippen molar-refractivity contribution in [2.75, 3.05) is 0 Å². The molecule has 0 aromatic rings. The van der Waals surface area contributed by atoms with Crippen LogP contribution >= 0.6 is 0 Å². The van der Waals surface area contributed by atoms with Crippen molar-refractivity contribution in [3.63, 3.8) is 0 Å². The molecule has 1 N–H and O–H groups in total. The Hall–Kier alpha value is -0.570. The van der Waals surface area contributed by atoms with Crippen LogP contribution in [-0.4, -0.2) is 23.3 Å². The van der Waals surface area contributed by atoms with Gasteiger partial charge in [0.1, 0.15) is 6.10 Å². The Kier molecular flexibility index (Phi) is 4.94. The molecule has 0 aliphatic carbocycles. The minimum absolute atomic E-state index is 0.0581. The Morgan fingerprint density at radius 3 is 2.79 bits per heavy atom. The van der Waals surface area contributed by atoms with Crippen LogP contribution in [0, 0.1) is 0 Å². The number of carbonyl (C=O) groups excluding carboxylic acids is 1. The first-order chi connectivity index (χ1) is 6.74. The van der Waals surface area contributed by atoms with Crippen LogP contribution in [0.15, 0.2) is 0 Å². The second-order valence-corrected chi connectivity index (χ2v) is 4.00. The van der Waals surface area contributed by atoms with Crippen molar-refractivity contribution in [3.05, 3.63) is 0 Å². The quantitative estimate of drug-likeness (QED) is 0.545. The van der Waals surface area contributed by atoms with Crippen molar-refractivity contribution in [3.8, 4) is 0 Å². The van der Waals surface area contributed by atoms with Gasteiger partial charge in [0.05, 0.1) is 0 Å². The topological polar surface area (TPSA) is 46.5 Å². The normalized spacial score (nSPS) is 27.4. The van der Waals surface area contributed by atoms with E-state index in [4.69, 9.17) is 9.84 Å². The predicted molar refractivity (Wildman–Crippen MR) is 53.9 cm³/mol. The smallest absolute Gasteiger partial charge is 0.335 e. The number of aliphatic hydroxyl groups is 1. The first kappa shape index (κ1) is 11.5. The highest BCUT2D eigenvalue weighted by Crippen LogP contribution is 2.19. The lowest BCUT2D eigenvalue weighted by Crippen LogP contribution is -2.34. The van der Waals surface area contributed by atoms with Crippen molar-refractivity contribution < 1.29 is 14.6 Å². The number of carbonyl (C=O) groups is 1. The summed E-state index contributed by atoms with van der Waals surface area (Å²) in [6.07, 6.45) is 6.35. The van der Waals surface area contributed by atoms with E-state index in [-0.39, 0.29) is 6.10 Å². The molecule has 1 rings (SSSR count). The fourth-order valence-corrected chi connectivity index (χ4v) is 1.77. The van der Waals surface area contributed by atoms with Crippen molar-refractivity contribution in [1.29, 1.82) is 0 Å². The summed E-state index contributed by atoms with van der Waals surface area (Å²) in [5, 5.41) is 9.13. The molecular weight excluding hydrogens is 180 g/mol. The Balaban J connectivity index is 2.11. The molecule has 0 spiro atoms. The highest BCUT2D eigenvalue weighted by molar-refractivity contribution is 5.75. The summed E-state index contributed by atoms with van der Waals surface area (Å²) >= 11 is 0. The van der Waals surface area contributed by atoms with E-state index in [2.05, 4.69) is 6.92 Å². The minimum Gasteiger partial charge on any atom is -0.460 e. The average Bonchev–Trinajstić information content (AvgIpc) is 2.18. The van der Waals surface area contributed by atoms with Gasteiger partial charge in [-0.05, 0) is 25.7 Å². The largest absolute Gasteiger partial charge is 0.460 e. The summed E-state index contributed by atoms with van der Waals surface area (Å²) < 4.78 is 5.09. The maximum Gasteiger partial charge on any atom is 0.335 e. The Labute approximate surface area is 85.5 Å². The number of hydrogen-bond donors (Lipinski definition) is 1. The standard InChI is InChI=1S/C11H20O3/c1-2-3-4-5-6-9-7-8-10(12)11(13)14-9/h9-10,12H,2-8H2,1H3/t9?,10-/m0/s1. The second kappa shape index (κ2) is 6.02. The molecule has 82 valence electrons. The fraction of sp³-hybridized carbons (Fsp3) is 0.909. The van der Waals surface area contributed by atoms with Crippen molar-refractivity contribution >= 4 is 5.97 Å². The van der Waals surface area contributed by atoms with Crippen LogP contribution in [0.4, 0.5) is 0 Å². The first-order valence-electron chi connectivity index (χ1n) is 5.62. The highest BCUT2D eigenvalue weighted by atomic mass is 16.6. The molecule has 3 heteroatoms. The number of hydrogen-bond acceptors (Lipinski definition) is 3. The summed E-state index contributed by atoms with van der Waals surface area (Å²) in [7, 11) is 0. The summed E-state index contributed by atoms with van der Waals surface area (Å²) in [4.78, 5) is 11.0. The summed E-state index contributed by atoms with van der Waals surface area (Å²) in [5.41, 5.74) is 0. The van der Waals surface area contributed by atoms with Crippen molar-refractivity contribution in [2.45, 2.75) is 64.1 Å². The van der Waals surface area contributed by atoms with E-state index in [0.717, 1.165) is 19.3 Å². The van der Waals surface area contributed by atoms with Gasteiger partial charge in [-0.15, -0.1) is 0 Å². The van der Waals surface area contributed by atoms with Crippen LogP contribution in [0.25, 0.3) is 0 Å². The number of cyclic esters (lactones) is 1. The van der Waals surface area contributed by atoms with Gasteiger partial charge >= 0.3 is 5.97 Å². The lowest BCUT2D eigenvalue weighted by Gasteiger charge is -2.25. The molecule has 1 aliphatic rings. The average molecular weight is 200 g/mol. The third kappa shape index (κ3) is 3.66. The predicted octanol–water partition coefficient (Wildman–Crippen LogP) is 2.02. The van der Waals surface area contributed by atoms with Gasteiger partial charge < -0.3 is 9.84 Å². The number of unbranched alkanes of at least 4 members (excludes halogenated alkanes) is 3. The van der Waals surface area contributed by atoms with E-state index in [9.17, 15) is 4.79 Å². The SMILES string of the molecule is CCCCCCC1CC[C@H](O)C(=O)O1. The first-order valence-corrected chi connectivity index (χ1v) is 5.62. The monoisotopic (exact) mass is 200 g/mol. The van der Waals surface area contributed by atoms with Gasteiger partial charge in [0.2, 0.25) is 0 Å². The maximum absolute atomic E-state index is 11.0. The van der Waals surface area contributed by atoms with Crippen LogP contribution < -0.4 is 0 Å². The molecular formula is C11H20O3. The maximum atomic E-state index is 11.0. The van der Waals surface area contributed by atoms with Crippen LogP contribution in [-0.2, 0) is 9.53 Å². The van der Waals surface area contributed by atoms with E-state index in [1.807, 2.05) is 0 Å². The van der Waals surface area contributed by atoms with Gasteiger partial charge in [0.15, 0.2) is 6.10 Å². The van der Waals surface area contributed by atoms with Gasteiger partial charge in [0.25, 0.3) is 0 Å².